The molecule has 0 unspecified atom stereocenters. The molecule has 0 bridgehead atoms. The Hall–Kier alpha value is -2.84. The minimum atomic E-state index is -0.385. The fourth-order valence-electron chi connectivity index (χ4n) is 2.79. The van der Waals surface area contributed by atoms with Gasteiger partial charge in [-0.05, 0) is 33.6 Å². The molecular weight excluding hydrogens is 338 g/mol. The minimum absolute atomic E-state index is 0.0537. The van der Waals surface area contributed by atoms with Crippen LogP contribution in [-0.2, 0) is 16.0 Å². The molecule has 26 heavy (non-hydrogen) atoms. The van der Waals surface area contributed by atoms with E-state index in [9.17, 15) is 9.59 Å². The van der Waals surface area contributed by atoms with Crippen molar-refractivity contribution in [1.29, 1.82) is 0 Å². The van der Waals surface area contributed by atoms with Crippen LogP contribution in [0.2, 0.25) is 0 Å². The number of carbonyl (C=O) groups excluding carboxylic acids is 2. The molecule has 2 heterocycles. The molecule has 0 radical (unpaired) electrons. The maximum atomic E-state index is 12.0. The van der Waals surface area contributed by atoms with Gasteiger partial charge in [0.1, 0.15) is 11.9 Å². The van der Waals surface area contributed by atoms with Crippen LogP contribution in [-0.4, -0.2) is 39.5 Å². The summed E-state index contributed by atoms with van der Waals surface area (Å²) in [5.41, 5.74) is 1.65. The second kappa shape index (κ2) is 7.59. The van der Waals surface area contributed by atoms with Gasteiger partial charge in [-0.1, -0.05) is 5.16 Å². The van der Waals surface area contributed by atoms with Gasteiger partial charge < -0.3 is 19.9 Å². The van der Waals surface area contributed by atoms with Gasteiger partial charge in [0.15, 0.2) is 5.82 Å². The summed E-state index contributed by atoms with van der Waals surface area (Å²) in [6, 6.07) is 3.58. The molecular formula is C17H23N5O4. The number of aromatic nitrogens is 3. The van der Waals surface area contributed by atoms with E-state index in [0.717, 1.165) is 24.2 Å². The Morgan fingerprint density at radius 3 is 2.81 bits per heavy atom. The van der Waals surface area contributed by atoms with Gasteiger partial charge in [-0.25, -0.2) is 4.79 Å². The molecule has 1 fully saturated rings. The number of hydrogen-bond acceptors (Lipinski definition) is 6. The SMILES string of the molecule is Cc1cc(CC(=O)Nc2cc([C@H]3C[C@@H](OC(=O)NC(C)C)C3)[nH]n2)on1. The average molecular weight is 361 g/mol. The predicted octanol–water partition coefficient (Wildman–Crippen LogP) is 2.27. The fraction of sp³-hybridized carbons (Fsp3) is 0.529. The van der Waals surface area contributed by atoms with Gasteiger partial charge in [0.05, 0.1) is 12.1 Å². The Kier molecular flexibility index (Phi) is 5.24. The second-order valence-corrected chi connectivity index (χ2v) is 6.86. The van der Waals surface area contributed by atoms with Crippen LogP contribution in [0.15, 0.2) is 16.7 Å². The van der Waals surface area contributed by atoms with Gasteiger partial charge in [0.25, 0.3) is 0 Å². The maximum Gasteiger partial charge on any atom is 0.407 e. The third-order valence-corrected chi connectivity index (χ3v) is 4.09. The number of amides is 2. The molecule has 3 N–H and O–H groups in total. The van der Waals surface area contributed by atoms with Crippen LogP contribution in [0.4, 0.5) is 10.6 Å². The number of nitrogens with zero attached hydrogens (tertiary/aromatic N) is 2. The smallest absolute Gasteiger partial charge is 0.407 e. The van der Waals surface area contributed by atoms with Crippen LogP contribution in [0.3, 0.4) is 0 Å². The Morgan fingerprint density at radius 2 is 2.15 bits per heavy atom. The highest BCUT2D eigenvalue weighted by atomic mass is 16.6. The number of carbonyl (C=O) groups is 2. The van der Waals surface area contributed by atoms with Crippen molar-refractivity contribution < 1.29 is 18.8 Å². The van der Waals surface area contributed by atoms with E-state index in [2.05, 4.69) is 26.0 Å². The first kappa shape index (κ1) is 18.0. The van der Waals surface area contributed by atoms with Crippen LogP contribution in [0.5, 0.6) is 0 Å². The highest BCUT2D eigenvalue weighted by Crippen LogP contribution is 2.38. The van der Waals surface area contributed by atoms with E-state index >= 15 is 0 Å². The molecule has 1 saturated carbocycles. The summed E-state index contributed by atoms with van der Waals surface area (Å²) in [7, 11) is 0. The molecule has 2 aromatic rings. The monoisotopic (exact) mass is 361 g/mol. The van der Waals surface area contributed by atoms with E-state index in [0.29, 0.717) is 11.6 Å². The van der Waals surface area contributed by atoms with E-state index in [1.807, 2.05) is 13.8 Å². The molecule has 2 aromatic heterocycles. The number of rotatable bonds is 6. The summed E-state index contributed by atoms with van der Waals surface area (Å²) in [5.74, 6) is 0.985. The summed E-state index contributed by atoms with van der Waals surface area (Å²) in [4.78, 5) is 23.6. The molecule has 9 heteroatoms. The third kappa shape index (κ3) is 4.62. The highest BCUT2D eigenvalue weighted by Gasteiger charge is 2.34. The van der Waals surface area contributed by atoms with E-state index in [-0.39, 0.29) is 36.5 Å². The number of aromatic amines is 1. The van der Waals surface area contributed by atoms with Crippen molar-refractivity contribution in [3.8, 4) is 0 Å². The lowest BCUT2D eigenvalue weighted by atomic mass is 9.80. The minimum Gasteiger partial charge on any atom is -0.446 e. The normalized spacial score (nSPS) is 19.1. The molecule has 3 rings (SSSR count). The van der Waals surface area contributed by atoms with Gasteiger partial charge in [0.2, 0.25) is 5.91 Å². The van der Waals surface area contributed by atoms with Crippen LogP contribution >= 0.6 is 0 Å². The third-order valence-electron chi connectivity index (χ3n) is 4.09. The van der Waals surface area contributed by atoms with Crippen molar-refractivity contribution in [2.45, 2.75) is 58.1 Å². The lowest BCUT2D eigenvalue weighted by molar-refractivity contribution is -0.115. The number of alkyl carbamates (subject to hydrolysis) is 1. The quantitative estimate of drug-likeness (QED) is 0.725. The number of anilines is 1. The second-order valence-electron chi connectivity index (χ2n) is 6.86. The van der Waals surface area contributed by atoms with Gasteiger partial charge in [-0.3, -0.25) is 9.89 Å². The van der Waals surface area contributed by atoms with Crippen LogP contribution in [0.25, 0.3) is 0 Å². The predicted molar refractivity (Wildman–Crippen MR) is 92.7 cm³/mol. The molecule has 0 atom stereocenters. The lowest BCUT2D eigenvalue weighted by Crippen LogP contribution is -2.38. The van der Waals surface area contributed by atoms with Crippen molar-refractivity contribution in [2.24, 2.45) is 0 Å². The summed E-state index contributed by atoms with van der Waals surface area (Å²) < 4.78 is 10.3. The number of aryl methyl sites for hydroxylation is 1. The summed E-state index contributed by atoms with van der Waals surface area (Å²) in [6.45, 7) is 5.57. The zero-order valence-corrected chi connectivity index (χ0v) is 15.0. The Morgan fingerprint density at radius 1 is 1.38 bits per heavy atom. The van der Waals surface area contributed by atoms with E-state index in [1.165, 1.54) is 0 Å². The zero-order chi connectivity index (χ0) is 18.7. The highest BCUT2D eigenvalue weighted by molar-refractivity contribution is 5.91. The molecule has 0 aliphatic heterocycles. The van der Waals surface area contributed by atoms with Crippen molar-refractivity contribution in [2.75, 3.05) is 5.32 Å². The number of hydrogen-bond donors (Lipinski definition) is 3. The first-order valence-electron chi connectivity index (χ1n) is 8.63. The van der Waals surface area contributed by atoms with Gasteiger partial charge in [-0.15, -0.1) is 0 Å². The van der Waals surface area contributed by atoms with Gasteiger partial charge in [0, 0.05) is 29.8 Å². The molecule has 0 saturated heterocycles. The fourth-order valence-corrected chi connectivity index (χ4v) is 2.79. The molecule has 2 amide bonds. The first-order chi connectivity index (χ1) is 12.4. The summed E-state index contributed by atoms with van der Waals surface area (Å²) in [6.07, 6.45) is 1.10. The molecule has 9 nitrogen and oxygen atoms in total. The Labute approximate surface area is 150 Å². The van der Waals surface area contributed by atoms with Crippen molar-refractivity contribution in [1.82, 2.24) is 20.7 Å². The van der Waals surface area contributed by atoms with Crippen LogP contribution < -0.4 is 10.6 Å². The maximum absolute atomic E-state index is 12.0. The first-order valence-corrected chi connectivity index (χ1v) is 8.63. The summed E-state index contributed by atoms with van der Waals surface area (Å²) in [5, 5.41) is 16.2. The molecule has 1 aliphatic carbocycles. The van der Waals surface area contributed by atoms with E-state index in [4.69, 9.17) is 9.26 Å². The molecule has 140 valence electrons. The Bertz CT molecular complexity index is 776. The molecule has 1 aliphatic rings. The van der Waals surface area contributed by atoms with E-state index < -0.39 is 0 Å². The van der Waals surface area contributed by atoms with Crippen molar-refractivity contribution >= 4 is 17.8 Å². The number of ether oxygens (including phenoxy) is 1. The molecule has 0 aromatic carbocycles. The zero-order valence-electron chi connectivity index (χ0n) is 15.0. The van der Waals surface area contributed by atoms with E-state index in [1.54, 1.807) is 19.1 Å². The lowest BCUT2D eigenvalue weighted by Gasteiger charge is -2.33. The van der Waals surface area contributed by atoms with Crippen molar-refractivity contribution in [3.05, 3.63) is 29.3 Å². The average Bonchev–Trinajstić information content (AvgIpc) is 3.11. The topological polar surface area (TPSA) is 122 Å². The van der Waals surface area contributed by atoms with Gasteiger partial charge >= 0.3 is 6.09 Å². The van der Waals surface area contributed by atoms with Crippen molar-refractivity contribution in [3.63, 3.8) is 0 Å². The van der Waals surface area contributed by atoms with Crippen LogP contribution in [0, 0.1) is 6.92 Å². The largest absolute Gasteiger partial charge is 0.446 e. The number of H-pyrrole nitrogens is 1. The number of nitrogens with one attached hydrogen (secondary N) is 3. The standard InChI is InChI=1S/C17H23N5O4/c1-9(2)18-17(24)25-12-5-11(6-12)14-8-15(21-20-14)19-16(23)7-13-4-10(3)22-26-13/h4,8-9,11-12H,5-7H2,1-3H3,(H,18,24)(H2,19,20,21,23)/t11-,12+. The Balaban J connectivity index is 1.44. The van der Waals surface area contributed by atoms with Gasteiger partial charge in [-0.2, -0.15) is 5.10 Å². The molecule has 0 spiro atoms. The van der Waals surface area contributed by atoms with Crippen LogP contribution in [0.1, 0.15) is 49.8 Å². The summed E-state index contributed by atoms with van der Waals surface area (Å²) >= 11 is 0.